The van der Waals surface area contributed by atoms with E-state index in [0.29, 0.717) is 18.7 Å². The van der Waals surface area contributed by atoms with E-state index in [1.54, 1.807) is 18.5 Å². The standard InChI is InChI=1S/C21H24N4O3S/c1-15-8-17(10-18(9-15)24-29(2,27)28)13-25-14-23-19(20(25)12-21(22)26)11-16-6-4-3-5-7-16/h3-10,14,24H,11-13H2,1-2H3,(H2,22,26). The predicted molar refractivity (Wildman–Crippen MR) is 113 cm³/mol. The van der Waals surface area contributed by atoms with Gasteiger partial charge in [-0.1, -0.05) is 36.4 Å². The van der Waals surface area contributed by atoms with E-state index in [2.05, 4.69) is 9.71 Å². The van der Waals surface area contributed by atoms with E-state index in [1.807, 2.05) is 47.9 Å². The lowest BCUT2D eigenvalue weighted by molar-refractivity contribution is -0.117. The molecule has 0 saturated heterocycles. The van der Waals surface area contributed by atoms with E-state index in [-0.39, 0.29) is 6.42 Å². The summed E-state index contributed by atoms with van der Waals surface area (Å²) in [6, 6.07) is 15.4. The molecular weight excluding hydrogens is 388 g/mol. The third kappa shape index (κ3) is 5.92. The number of hydrogen-bond donors (Lipinski definition) is 2. The van der Waals surface area contributed by atoms with Crippen LogP contribution in [0.5, 0.6) is 0 Å². The molecule has 0 unspecified atom stereocenters. The summed E-state index contributed by atoms with van der Waals surface area (Å²) in [6.07, 6.45) is 3.50. The molecule has 0 saturated carbocycles. The van der Waals surface area contributed by atoms with Gasteiger partial charge < -0.3 is 10.3 Å². The number of aryl methyl sites for hydroxylation is 1. The number of benzene rings is 2. The summed E-state index contributed by atoms with van der Waals surface area (Å²) in [6.45, 7) is 2.35. The molecule has 8 heteroatoms. The highest BCUT2D eigenvalue weighted by Gasteiger charge is 2.15. The molecule has 2 aromatic carbocycles. The monoisotopic (exact) mass is 412 g/mol. The molecule has 0 aliphatic heterocycles. The lowest BCUT2D eigenvalue weighted by atomic mass is 10.1. The summed E-state index contributed by atoms with van der Waals surface area (Å²) in [4.78, 5) is 16.2. The number of nitrogens with zero attached hydrogens (tertiary/aromatic N) is 2. The minimum atomic E-state index is -3.37. The van der Waals surface area contributed by atoms with Crippen LogP contribution < -0.4 is 10.5 Å². The topological polar surface area (TPSA) is 107 Å². The highest BCUT2D eigenvalue weighted by Crippen LogP contribution is 2.20. The van der Waals surface area contributed by atoms with E-state index in [9.17, 15) is 13.2 Å². The fourth-order valence-corrected chi connectivity index (χ4v) is 3.86. The Morgan fingerprint density at radius 3 is 2.52 bits per heavy atom. The van der Waals surface area contributed by atoms with E-state index in [4.69, 9.17) is 5.73 Å². The van der Waals surface area contributed by atoms with Gasteiger partial charge in [0.15, 0.2) is 0 Å². The van der Waals surface area contributed by atoms with Gasteiger partial charge in [-0.15, -0.1) is 0 Å². The van der Waals surface area contributed by atoms with Crippen LogP contribution in [0.15, 0.2) is 54.9 Å². The number of sulfonamides is 1. The summed E-state index contributed by atoms with van der Waals surface area (Å²) in [7, 11) is -3.37. The third-order valence-corrected chi connectivity index (χ3v) is 4.99. The van der Waals surface area contributed by atoms with Gasteiger partial charge in [-0.3, -0.25) is 9.52 Å². The quantitative estimate of drug-likeness (QED) is 0.591. The van der Waals surface area contributed by atoms with Crippen LogP contribution in [0.2, 0.25) is 0 Å². The highest BCUT2D eigenvalue weighted by molar-refractivity contribution is 7.92. The van der Waals surface area contributed by atoms with Crippen molar-refractivity contribution in [1.29, 1.82) is 0 Å². The Morgan fingerprint density at radius 2 is 1.86 bits per heavy atom. The molecule has 1 heterocycles. The molecule has 152 valence electrons. The highest BCUT2D eigenvalue weighted by atomic mass is 32.2. The van der Waals surface area contributed by atoms with Crippen molar-refractivity contribution in [2.45, 2.75) is 26.3 Å². The minimum absolute atomic E-state index is 0.0857. The van der Waals surface area contributed by atoms with Crippen molar-refractivity contribution in [1.82, 2.24) is 9.55 Å². The lowest BCUT2D eigenvalue weighted by Crippen LogP contribution is -2.18. The summed E-state index contributed by atoms with van der Waals surface area (Å²) >= 11 is 0. The summed E-state index contributed by atoms with van der Waals surface area (Å²) in [5.41, 5.74) is 10.5. The van der Waals surface area contributed by atoms with Gasteiger partial charge >= 0.3 is 0 Å². The van der Waals surface area contributed by atoms with E-state index >= 15 is 0 Å². The number of hydrogen-bond acceptors (Lipinski definition) is 4. The Hall–Kier alpha value is -3.13. The summed E-state index contributed by atoms with van der Waals surface area (Å²) in [5.74, 6) is -0.426. The molecule has 29 heavy (non-hydrogen) atoms. The zero-order valence-corrected chi connectivity index (χ0v) is 17.2. The molecule has 0 spiro atoms. The maximum atomic E-state index is 11.6. The second-order valence-corrected chi connectivity index (χ2v) is 8.90. The SMILES string of the molecule is Cc1cc(Cn2cnc(Cc3ccccc3)c2CC(N)=O)cc(NS(C)(=O)=O)c1. The lowest BCUT2D eigenvalue weighted by Gasteiger charge is -2.12. The Morgan fingerprint density at radius 1 is 1.14 bits per heavy atom. The van der Waals surface area contributed by atoms with Gasteiger partial charge in [-0.25, -0.2) is 13.4 Å². The van der Waals surface area contributed by atoms with Gasteiger partial charge in [-0.2, -0.15) is 0 Å². The number of carbonyl (C=O) groups excluding carboxylic acids is 1. The molecule has 0 aliphatic carbocycles. The smallest absolute Gasteiger partial charge is 0.229 e. The Kier molecular flexibility index (Phi) is 6.03. The first-order valence-corrected chi connectivity index (χ1v) is 11.0. The predicted octanol–water partition coefficient (Wildman–Crippen LogP) is 2.23. The van der Waals surface area contributed by atoms with Crippen molar-refractivity contribution in [3.8, 4) is 0 Å². The first-order chi connectivity index (χ1) is 13.7. The second kappa shape index (κ2) is 8.48. The first kappa shape index (κ1) is 20.6. The Labute approximate surface area is 170 Å². The average Bonchev–Trinajstić information content (AvgIpc) is 2.95. The molecule has 0 radical (unpaired) electrons. The van der Waals surface area contributed by atoms with Crippen LogP contribution in [-0.2, 0) is 34.2 Å². The number of rotatable bonds is 8. The first-order valence-electron chi connectivity index (χ1n) is 9.13. The molecule has 0 bridgehead atoms. The van der Waals surface area contributed by atoms with E-state index < -0.39 is 15.9 Å². The van der Waals surface area contributed by atoms with Crippen LogP contribution >= 0.6 is 0 Å². The molecule has 7 nitrogen and oxygen atoms in total. The molecular formula is C21H24N4O3S. The van der Waals surface area contributed by atoms with Crippen LogP contribution in [0.1, 0.15) is 28.1 Å². The maximum Gasteiger partial charge on any atom is 0.229 e. The van der Waals surface area contributed by atoms with Crippen molar-refractivity contribution in [2.24, 2.45) is 5.73 Å². The largest absolute Gasteiger partial charge is 0.369 e. The zero-order chi connectivity index (χ0) is 21.0. The van der Waals surface area contributed by atoms with Crippen molar-refractivity contribution >= 4 is 21.6 Å². The molecule has 1 aromatic heterocycles. The third-order valence-electron chi connectivity index (χ3n) is 4.38. The molecule has 0 aliphatic rings. The number of amides is 1. The number of aromatic nitrogens is 2. The number of anilines is 1. The van der Waals surface area contributed by atoms with E-state index in [0.717, 1.165) is 34.3 Å². The molecule has 3 N–H and O–H groups in total. The van der Waals surface area contributed by atoms with Crippen molar-refractivity contribution in [2.75, 3.05) is 11.0 Å². The average molecular weight is 413 g/mol. The summed E-state index contributed by atoms with van der Waals surface area (Å²) < 4.78 is 27.5. The fourth-order valence-electron chi connectivity index (χ4n) is 3.31. The maximum absolute atomic E-state index is 11.6. The van der Waals surface area contributed by atoms with Crippen LogP contribution in [0, 0.1) is 6.92 Å². The number of imidazole rings is 1. The molecule has 0 atom stereocenters. The zero-order valence-electron chi connectivity index (χ0n) is 16.4. The molecule has 3 aromatic rings. The van der Waals surface area contributed by atoms with Crippen LogP contribution in [0.3, 0.4) is 0 Å². The molecule has 0 fully saturated rings. The van der Waals surface area contributed by atoms with Gasteiger partial charge in [0.05, 0.1) is 30.4 Å². The molecule has 3 rings (SSSR count). The normalized spacial score (nSPS) is 11.4. The number of nitrogens with one attached hydrogen (secondary N) is 1. The Balaban J connectivity index is 1.91. The van der Waals surface area contributed by atoms with Crippen LogP contribution in [0.25, 0.3) is 0 Å². The second-order valence-electron chi connectivity index (χ2n) is 7.15. The minimum Gasteiger partial charge on any atom is -0.369 e. The van der Waals surface area contributed by atoms with Crippen molar-refractivity contribution in [3.63, 3.8) is 0 Å². The van der Waals surface area contributed by atoms with Crippen molar-refractivity contribution < 1.29 is 13.2 Å². The van der Waals surface area contributed by atoms with Gasteiger partial charge in [0.2, 0.25) is 15.9 Å². The fraction of sp³-hybridized carbons (Fsp3) is 0.238. The van der Waals surface area contributed by atoms with E-state index in [1.165, 1.54) is 0 Å². The van der Waals surface area contributed by atoms with Crippen molar-refractivity contribution in [3.05, 3.63) is 82.9 Å². The van der Waals surface area contributed by atoms with Gasteiger partial charge in [-0.05, 0) is 35.7 Å². The number of carbonyl (C=O) groups is 1. The van der Waals surface area contributed by atoms with Crippen LogP contribution in [-0.4, -0.2) is 30.1 Å². The van der Waals surface area contributed by atoms with Crippen LogP contribution in [0.4, 0.5) is 5.69 Å². The number of nitrogens with two attached hydrogens (primary N) is 1. The molecule has 1 amide bonds. The Bertz CT molecular complexity index is 1120. The number of primary amides is 1. The van der Waals surface area contributed by atoms with Gasteiger partial charge in [0, 0.05) is 18.7 Å². The van der Waals surface area contributed by atoms with Gasteiger partial charge in [0.25, 0.3) is 0 Å². The van der Waals surface area contributed by atoms with Gasteiger partial charge in [0.1, 0.15) is 0 Å². The summed E-state index contributed by atoms with van der Waals surface area (Å²) in [5, 5.41) is 0.